The molecule has 1 aromatic rings. The first-order valence-electron chi connectivity index (χ1n) is 12.8. The molecule has 200 valence electrons. The van der Waals surface area contributed by atoms with Gasteiger partial charge in [0.05, 0.1) is 24.5 Å². The van der Waals surface area contributed by atoms with Crippen LogP contribution in [0, 0.1) is 11.8 Å². The predicted molar refractivity (Wildman–Crippen MR) is 144 cm³/mol. The van der Waals surface area contributed by atoms with E-state index in [1.807, 2.05) is 44.2 Å². The van der Waals surface area contributed by atoms with Crippen molar-refractivity contribution in [1.82, 2.24) is 14.7 Å². The average Bonchev–Trinajstić information content (AvgIpc) is 3.46. The lowest BCUT2D eigenvalue weighted by atomic mass is 9.70. The lowest BCUT2D eigenvalue weighted by Gasteiger charge is -2.38. The fourth-order valence-corrected chi connectivity index (χ4v) is 7.24. The molecule has 1 aromatic carbocycles. The topological polar surface area (TPSA) is 90.4 Å². The first-order valence-corrected chi connectivity index (χ1v) is 13.7. The van der Waals surface area contributed by atoms with E-state index in [9.17, 15) is 19.5 Å². The second-order valence-electron chi connectivity index (χ2n) is 10.3. The van der Waals surface area contributed by atoms with E-state index in [1.54, 1.807) is 22.0 Å². The summed E-state index contributed by atoms with van der Waals surface area (Å²) in [5.41, 5.74) is -0.180. The number of nitrogens with zero attached hydrogens (tertiary/aromatic N) is 3. The smallest absolute Gasteiger partial charge is 0.248 e. The number of likely N-dealkylation sites (tertiary alicyclic amines) is 1. The van der Waals surface area contributed by atoms with Crippen LogP contribution >= 0.6 is 15.9 Å². The molecule has 0 saturated carbocycles. The van der Waals surface area contributed by atoms with Crippen molar-refractivity contribution in [2.45, 2.75) is 55.4 Å². The van der Waals surface area contributed by atoms with Gasteiger partial charge in [-0.2, -0.15) is 0 Å². The van der Waals surface area contributed by atoms with Crippen molar-refractivity contribution >= 4 is 33.7 Å². The van der Waals surface area contributed by atoms with Crippen LogP contribution in [0.2, 0.25) is 0 Å². The molecule has 9 heteroatoms. The zero-order valence-corrected chi connectivity index (χ0v) is 23.0. The maximum Gasteiger partial charge on any atom is 0.248 e. The van der Waals surface area contributed by atoms with Gasteiger partial charge in [-0.3, -0.25) is 14.4 Å². The number of β-amino-alcohol motifs (C(OH)–C–C–N with tert-alkyl or cyclic N) is 1. The third-order valence-corrected chi connectivity index (χ3v) is 8.60. The van der Waals surface area contributed by atoms with Gasteiger partial charge in [0.25, 0.3) is 0 Å². The lowest BCUT2D eigenvalue weighted by Crippen LogP contribution is -2.58. The Labute approximate surface area is 227 Å². The minimum Gasteiger partial charge on any atom is -0.395 e. The largest absolute Gasteiger partial charge is 0.395 e. The number of halogens is 1. The molecule has 0 aliphatic carbocycles. The Kier molecular flexibility index (Phi) is 8.26. The number of rotatable bonds is 11. The Morgan fingerprint density at radius 3 is 2.49 bits per heavy atom. The zero-order valence-electron chi connectivity index (χ0n) is 21.5. The summed E-state index contributed by atoms with van der Waals surface area (Å²) >= 11 is 3.71. The van der Waals surface area contributed by atoms with Crippen molar-refractivity contribution in [3.05, 3.63) is 61.2 Å². The molecule has 3 amide bonds. The van der Waals surface area contributed by atoms with Gasteiger partial charge < -0.3 is 24.5 Å². The molecule has 8 nitrogen and oxygen atoms in total. The summed E-state index contributed by atoms with van der Waals surface area (Å²) in [6, 6.07) is 8.61. The van der Waals surface area contributed by atoms with Crippen LogP contribution < -0.4 is 0 Å². The van der Waals surface area contributed by atoms with Gasteiger partial charge in [-0.25, -0.2) is 0 Å². The van der Waals surface area contributed by atoms with Gasteiger partial charge in [0.1, 0.15) is 11.6 Å². The van der Waals surface area contributed by atoms with Crippen molar-refractivity contribution in [2.24, 2.45) is 11.8 Å². The summed E-state index contributed by atoms with van der Waals surface area (Å²) in [4.78, 5) is 46.6. The average molecular weight is 575 g/mol. The van der Waals surface area contributed by atoms with Crippen LogP contribution in [0.4, 0.5) is 0 Å². The number of carbonyl (C=O) groups excluding carboxylic acids is 3. The third-order valence-electron chi connectivity index (χ3n) is 7.76. The molecule has 6 atom stereocenters. The highest BCUT2D eigenvalue weighted by Crippen LogP contribution is 2.60. The van der Waals surface area contributed by atoms with E-state index in [-0.39, 0.29) is 41.7 Å². The van der Waals surface area contributed by atoms with E-state index in [2.05, 4.69) is 29.1 Å². The third kappa shape index (κ3) is 4.66. The fourth-order valence-electron chi connectivity index (χ4n) is 6.29. The highest BCUT2D eigenvalue weighted by molar-refractivity contribution is 9.09. The molecule has 1 N–H and O–H groups in total. The van der Waals surface area contributed by atoms with Crippen LogP contribution in [0.1, 0.15) is 25.8 Å². The second kappa shape index (κ2) is 11.1. The van der Waals surface area contributed by atoms with Crippen LogP contribution in [0.25, 0.3) is 0 Å². The van der Waals surface area contributed by atoms with E-state index < -0.39 is 29.6 Å². The molecule has 4 rings (SSSR count). The van der Waals surface area contributed by atoms with Crippen LogP contribution in [-0.2, 0) is 25.7 Å². The molecule has 0 radical (unpaired) electrons. The van der Waals surface area contributed by atoms with Crippen LogP contribution in [0.3, 0.4) is 0 Å². The van der Waals surface area contributed by atoms with Crippen LogP contribution in [0.5, 0.6) is 0 Å². The number of aliphatic hydroxyl groups is 1. The van der Waals surface area contributed by atoms with E-state index in [0.717, 1.165) is 5.56 Å². The van der Waals surface area contributed by atoms with E-state index in [1.165, 1.54) is 4.90 Å². The molecule has 3 aliphatic heterocycles. The van der Waals surface area contributed by atoms with Crippen molar-refractivity contribution in [3.63, 3.8) is 0 Å². The standard InChI is InChI=1S/C28H36BrN3O5/c1-5-12-30(17-19-10-8-7-9-11-19)25(34)21-22-26(35)32(14-15-33)24(27(36)31(13-6-2)18(3)4)28(22)16-20(29)23(21)37-28/h5-11,18,20-24,33H,1-2,12-17H2,3-4H3/t20?,21-,22+,23-,24?,28?/m1/s1. The molecule has 0 aromatic heterocycles. The molecule has 3 heterocycles. The lowest BCUT2D eigenvalue weighted by molar-refractivity contribution is -0.150. The summed E-state index contributed by atoms with van der Waals surface area (Å²) in [6.45, 7) is 12.1. The zero-order chi connectivity index (χ0) is 26.9. The molecule has 3 saturated heterocycles. The number of fused-ring (bicyclic) bond motifs is 1. The monoisotopic (exact) mass is 573 g/mol. The SMILES string of the molecule is C=CCN(Cc1ccccc1)C(=O)[C@H]1[C@@H]2OC3(CC2Br)C(C(=O)N(CC=C)C(C)C)N(CCO)C(=O)[C@H]13. The molecule has 3 aliphatic rings. The summed E-state index contributed by atoms with van der Waals surface area (Å²) in [7, 11) is 0. The van der Waals surface area contributed by atoms with Gasteiger partial charge in [-0.1, -0.05) is 58.4 Å². The van der Waals surface area contributed by atoms with Gasteiger partial charge >= 0.3 is 0 Å². The number of alkyl halides is 1. The van der Waals surface area contributed by atoms with E-state index in [0.29, 0.717) is 26.1 Å². The molecule has 2 bridgehead atoms. The molecular formula is C28H36BrN3O5. The highest BCUT2D eigenvalue weighted by atomic mass is 79.9. The number of carbonyl (C=O) groups is 3. The Bertz CT molecular complexity index is 1050. The fraction of sp³-hybridized carbons (Fsp3) is 0.536. The molecule has 3 unspecified atom stereocenters. The van der Waals surface area contributed by atoms with Crippen molar-refractivity contribution < 1.29 is 24.2 Å². The number of ether oxygens (including phenoxy) is 1. The van der Waals surface area contributed by atoms with Crippen LogP contribution in [-0.4, -0.2) is 92.4 Å². The maximum atomic E-state index is 14.1. The molecule has 3 fully saturated rings. The Balaban J connectivity index is 1.73. The number of hydrogen-bond acceptors (Lipinski definition) is 5. The molecule has 1 spiro atoms. The van der Waals surface area contributed by atoms with E-state index in [4.69, 9.17) is 4.74 Å². The number of benzene rings is 1. The van der Waals surface area contributed by atoms with Gasteiger partial charge in [0.2, 0.25) is 17.7 Å². The summed E-state index contributed by atoms with van der Waals surface area (Å²) in [5.74, 6) is -2.31. The van der Waals surface area contributed by atoms with Crippen LogP contribution in [0.15, 0.2) is 55.6 Å². The quantitative estimate of drug-likeness (QED) is 0.324. The minimum absolute atomic E-state index is 0.00418. The predicted octanol–water partition coefficient (Wildman–Crippen LogP) is 2.36. The van der Waals surface area contributed by atoms with Crippen molar-refractivity contribution in [2.75, 3.05) is 26.2 Å². The van der Waals surface area contributed by atoms with Gasteiger partial charge in [-0.15, -0.1) is 13.2 Å². The summed E-state index contributed by atoms with van der Waals surface area (Å²) < 4.78 is 6.56. The normalized spacial score (nSPS) is 29.9. The van der Waals surface area contributed by atoms with Crippen molar-refractivity contribution in [1.29, 1.82) is 0 Å². The minimum atomic E-state index is -1.15. The van der Waals surface area contributed by atoms with E-state index >= 15 is 0 Å². The Morgan fingerprint density at radius 1 is 1.22 bits per heavy atom. The summed E-state index contributed by atoms with van der Waals surface area (Å²) in [5, 5.41) is 9.80. The summed E-state index contributed by atoms with van der Waals surface area (Å²) in [6.07, 6.45) is 3.22. The van der Waals surface area contributed by atoms with Crippen molar-refractivity contribution in [3.8, 4) is 0 Å². The number of hydrogen-bond donors (Lipinski definition) is 1. The molecule has 37 heavy (non-hydrogen) atoms. The van der Waals surface area contributed by atoms with Gasteiger partial charge in [-0.05, 0) is 25.8 Å². The maximum absolute atomic E-state index is 14.1. The van der Waals surface area contributed by atoms with Gasteiger partial charge in [0.15, 0.2) is 0 Å². The Hall–Kier alpha value is -2.49. The second-order valence-corrected chi connectivity index (χ2v) is 11.5. The first-order chi connectivity index (χ1) is 17.7. The highest BCUT2D eigenvalue weighted by Gasteiger charge is 2.76. The molecular weight excluding hydrogens is 538 g/mol. The number of amides is 3. The van der Waals surface area contributed by atoms with Gasteiger partial charge in [0, 0.05) is 37.0 Å². The first kappa shape index (κ1) is 27.5. The Morgan fingerprint density at radius 2 is 1.89 bits per heavy atom. The number of aliphatic hydroxyl groups excluding tert-OH is 1.